The molecule has 0 aliphatic carbocycles. The molecule has 0 bridgehead atoms. The maximum atomic E-state index is 12.0. The first-order valence-electron chi connectivity index (χ1n) is 8.34. The van der Waals surface area contributed by atoms with Crippen molar-refractivity contribution in [2.45, 2.75) is 24.2 Å². The summed E-state index contributed by atoms with van der Waals surface area (Å²) in [6.07, 6.45) is -4.32. The fourth-order valence-electron chi connectivity index (χ4n) is 2.13. The normalized spacial score (nSPS) is 11.2. The fourth-order valence-corrected chi connectivity index (χ4v) is 2.92. The third-order valence-corrected chi connectivity index (χ3v) is 4.42. The summed E-state index contributed by atoms with van der Waals surface area (Å²) >= 11 is 1.66. The van der Waals surface area contributed by atoms with E-state index in [1.54, 1.807) is 36.0 Å². The molecule has 0 spiro atoms. The highest BCUT2D eigenvalue weighted by atomic mass is 32.2. The summed E-state index contributed by atoms with van der Waals surface area (Å²) in [4.78, 5) is 12.9. The number of ether oxygens (including phenoxy) is 1. The van der Waals surface area contributed by atoms with Gasteiger partial charge >= 0.3 is 12.2 Å². The zero-order valence-corrected chi connectivity index (χ0v) is 15.4. The number of amides is 2. The molecule has 0 saturated carbocycles. The largest absolute Gasteiger partial charge is 0.411 e. The smallest absolute Gasteiger partial charge is 0.367 e. The molecule has 0 atom stereocenters. The van der Waals surface area contributed by atoms with E-state index in [-0.39, 0.29) is 12.6 Å². The average molecular weight is 398 g/mol. The summed E-state index contributed by atoms with van der Waals surface area (Å²) in [6, 6.07) is 16.5. The van der Waals surface area contributed by atoms with E-state index in [4.69, 9.17) is 0 Å². The number of carbonyl (C=O) groups is 1. The third-order valence-electron chi connectivity index (χ3n) is 3.41. The van der Waals surface area contributed by atoms with Gasteiger partial charge < -0.3 is 15.4 Å². The van der Waals surface area contributed by atoms with Crippen LogP contribution in [-0.4, -0.2) is 31.1 Å². The molecule has 0 unspecified atom stereocenters. The first-order chi connectivity index (χ1) is 12.9. The minimum Gasteiger partial charge on any atom is -0.367 e. The highest BCUT2D eigenvalue weighted by molar-refractivity contribution is 7.99. The molecule has 146 valence electrons. The first kappa shape index (κ1) is 21.1. The average Bonchev–Trinajstić information content (AvgIpc) is 2.64. The van der Waals surface area contributed by atoms with Crippen LogP contribution < -0.4 is 10.6 Å². The monoisotopic (exact) mass is 398 g/mol. The number of benzene rings is 2. The maximum Gasteiger partial charge on any atom is 0.411 e. The second-order valence-electron chi connectivity index (χ2n) is 5.70. The summed E-state index contributed by atoms with van der Waals surface area (Å²) in [6.45, 7) is -0.492. The molecule has 0 radical (unpaired) electrons. The Hall–Kier alpha value is -2.19. The lowest BCUT2D eigenvalue weighted by atomic mass is 10.1. The van der Waals surface area contributed by atoms with Gasteiger partial charge in [0.05, 0.1) is 6.61 Å². The Balaban J connectivity index is 1.60. The van der Waals surface area contributed by atoms with Crippen molar-refractivity contribution in [2.24, 2.45) is 0 Å². The highest BCUT2D eigenvalue weighted by Crippen LogP contribution is 2.16. The number of hydrogen-bond acceptors (Lipinski definition) is 3. The van der Waals surface area contributed by atoms with Gasteiger partial charge in [-0.15, -0.1) is 11.8 Å². The fraction of sp³-hybridized carbons (Fsp3) is 0.316. The molecular weight excluding hydrogens is 377 g/mol. The van der Waals surface area contributed by atoms with Crippen LogP contribution in [0, 0.1) is 0 Å². The van der Waals surface area contributed by atoms with Gasteiger partial charge in [-0.1, -0.05) is 42.5 Å². The van der Waals surface area contributed by atoms with Crippen LogP contribution in [0.3, 0.4) is 0 Å². The van der Waals surface area contributed by atoms with Crippen LogP contribution >= 0.6 is 11.8 Å². The molecule has 0 aromatic heterocycles. The van der Waals surface area contributed by atoms with Crippen LogP contribution in [0.5, 0.6) is 0 Å². The Labute approximate surface area is 160 Å². The highest BCUT2D eigenvalue weighted by Gasteiger charge is 2.27. The molecule has 0 heterocycles. The zero-order chi connectivity index (χ0) is 19.5. The maximum absolute atomic E-state index is 12.0. The van der Waals surface area contributed by atoms with Crippen molar-refractivity contribution in [1.82, 2.24) is 10.6 Å². The summed E-state index contributed by atoms with van der Waals surface area (Å²) in [5.41, 5.74) is 1.49. The lowest BCUT2D eigenvalue weighted by molar-refractivity contribution is -0.176. The third kappa shape index (κ3) is 9.35. The molecule has 27 heavy (non-hydrogen) atoms. The first-order valence-corrected chi connectivity index (χ1v) is 9.33. The van der Waals surface area contributed by atoms with Crippen LogP contribution in [0.4, 0.5) is 18.0 Å². The summed E-state index contributed by atoms with van der Waals surface area (Å²) in [5, 5.41) is 5.52. The summed E-state index contributed by atoms with van der Waals surface area (Å²) < 4.78 is 40.7. The lowest BCUT2D eigenvalue weighted by Gasteiger charge is -2.09. The van der Waals surface area contributed by atoms with Crippen molar-refractivity contribution in [2.75, 3.05) is 18.9 Å². The van der Waals surface area contributed by atoms with Crippen molar-refractivity contribution in [3.05, 3.63) is 65.7 Å². The molecule has 2 aromatic carbocycles. The van der Waals surface area contributed by atoms with Crippen molar-refractivity contribution >= 4 is 17.8 Å². The van der Waals surface area contributed by atoms with Gasteiger partial charge in [-0.25, -0.2) is 4.79 Å². The molecular formula is C19H21F3N2O2S. The number of nitrogens with one attached hydrogen (secondary N) is 2. The Kier molecular flexibility index (Phi) is 8.47. The molecule has 2 amide bonds. The van der Waals surface area contributed by atoms with E-state index in [0.29, 0.717) is 18.7 Å². The van der Waals surface area contributed by atoms with E-state index in [0.717, 1.165) is 16.2 Å². The van der Waals surface area contributed by atoms with Crippen LogP contribution in [0.15, 0.2) is 59.5 Å². The second-order valence-corrected chi connectivity index (χ2v) is 6.86. The Bertz CT molecular complexity index is 694. The van der Waals surface area contributed by atoms with Gasteiger partial charge in [-0.3, -0.25) is 0 Å². The minimum atomic E-state index is -4.32. The number of alkyl halides is 3. The zero-order valence-electron chi connectivity index (χ0n) is 14.6. The van der Waals surface area contributed by atoms with Gasteiger partial charge in [0.1, 0.15) is 6.61 Å². The van der Waals surface area contributed by atoms with Gasteiger partial charge in [0.2, 0.25) is 0 Å². The molecule has 2 N–H and O–H groups in total. The number of rotatable bonds is 9. The molecule has 0 fully saturated rings. The van der Waals surface area contributed by atoms with E-state index in [9.17, 15) is 18.0 Å². The number of halogens is 3. The number of hydrogen-bond donors (Lipinski definition) is 2. The van der Waals surface area contributed by atoms with Gasteiger partial charge in [0.15, 0.2) is 0 Å². The number of thioether (sulfide) groups is 1. The molecule has 0 aliphatic heterocycles. The van der Waals surface area contributed by atoms with Crippen LogP contribution in [0.25, 0.3) is 0 Å². The molecule has 8 heteroatoms. The van der Waals surface area contributed by atoms with E-state index >= 15 is 0 Å². The van der Waals surface area contributed by atoms with E-state index in [1.165, 1.54) is 0 Å². The Morgan fingerprint density at radius 1 is 0.963 bits per heavy atom. The van der Waals surface area contributed by atoms with E-state index in [2.05, 4.69) is 15.4 Å². The predicted octanol–water partition coefficient (Wildman–Crippen LogP) is 4.36. The van der Waals surface area contributed by atoms with Crippen LogP contribution in [-0.2, 0) is 17.9 Å². The number of urea groups is 1. The van der Waals surface area contributed by atoms with Crippen molar-refractivity contribution < 1.29 is 22.7 Å². The van der Waals surface area contributed by atoms with Crippen LogP contribution in [0.2, 0.25) is 0 Å². The molecule has 2 aromatic rings. The molecule has 0 saturated heterocycles. The quantitative estimate of drug-likeness (QED) is 0.488. The molecule has 0 aliphatic rings. The van der Waals surface area contributed by atoms with E-state index < -0.39 is 12.8 Å². The van der Waals surface area contributed by atoms with Crippen molar-refractivity contribution in [3.63, 3.8) is 0 Å². The van der Waals surface area contributed by atoms with Gasteiger partial charge in [0, 0.05) is 23.7 Å². The predicted molar refractivity (Wildman–Crippen MR) is 99.6 cm³/mol. The topological polar surface area (TPSA) is 50.4 Å². The van der Waals surface area contributed by atoms with Gasteiger partial charge in [0.25, 0.3) is 0 Å². The van der Waals surface area contributed by atoms with Gasteiger partial charge in [-0.2, -0.15) is 13.2 Å². The Morgan fingerprint density at radius 2 is 1.63 bits per heavy atom. The molecule has 2 rings (SSSR count). The molecule has 4 nitrogen and oxygen atoms in total. The van der Waals surface area contributed by atoms with Gasteiger partial charge in [-0.05, 0) is 23.3 Å². The Morgan fingerprint density at radius 3 is 2.30 bits per heavy atom. The van der Waals surface area contributed by atoms with Crippen molar-refractivity contribution in [1.29, 1.82) is 0 Å². The second kappa shape index (κ2) is 10.8. The lowest BCUT2D eigenvalue weighted by Crippen LogP contribution is -2.36. The van der Waals surface area contributed by atoms with Crippen LogP contribution in [0.1, 0.15) is 11.1 Å². The summed E-state index contributed by atoms with van der Waals surface area (Å²) in [7, 11) is 0. The minimum absolute atomic E-state index is 0.104. The SMILES string of the molecule is O=C(NCCSc1ccccc1)NCc1ccc(COCC(F)(F)F)cc1. The summed E-state index contributed by atoms with van der Waals surface area (Å²) in [5.74, 6) is 0.768. The van der Waals surface area contributed by atoms with Crippen molar-refractivity contribution in [3.8, 4) is 0 Å². The standard InChI is InChI=1S/C19H21F3N2O2S/c20-19(21,22)14-26-13-16-8-6-15(7-9-16)12-24-18(25)23-10-11-27-17-4-2-1-3-5-17/h1-9H,10-14H2,(H2,23,24,25). The van der Waals surface area contributed by atoms with E-state index in [1.807, 2.05) is 30.3 Å². The number of carbonyl (C=O) groups excluding carboxylic acids is 1.